The highest BCUT2D eigenvalue weighted by atomic mass is 32.2. The minimum Gasteiger partial charge on any atom is -0.343 e. The van der Waals surface area contributed by atoms with Crippen molar-refractivity contribution in [2.24, 2.45) is 7.05 Å². The highest BCUT2D eigenvalue weighted by molar-refractivity contribution is 7.89. The minimum atomic E-state index is -3.96. The molecule has 0 aliphatic carbocycles. The van der Waals surface area contributed by atoms with Gasteiger partial charge in [-0.25, -0.2) is 12.8 Å². The van der Waals surface area contributed by atoms with E-state index in [1.165, 1.54) is 7.05 Å². The molecule has 0 bridgehead atoms. The molecule has 2 amide bonds. The highest BCUT2D eigenvalue weighted by Crippen LogP contribution is 2.22. The summed E-state index contributed by atoms with van der Waals surface area (Å²) in [5.41, 5.74) is 0.777. The lowest BCUT2D eigenvalue weighted by Crippen LogP contribution is -2.54. The zero-order valence-electron chi connectivity index (χ0n) is 17.0. The fourth-order valence-corrected chi connectivity index (χ4v) is 4.53. The van der Waals surface area contributed by atoms with Crippen molar-refractivity contribution < 1.29 is 22.4 Å². The summed E-state index contributed by atoms with van der Waals surface area (Å²) in [6, 6.07) is 5.40. The number of piperidine rings is 1. The maximum absolute atomic E-state index is 13.0. The Labute approximate surface area is 174 Å². The van der Waals surface area contributed by atoms with Crippen LogP contribution in [0.3, 0.4) is 0 Å². The van der Waals surface area contributed by atoms with Crippen molar-refractivity contribution in [3.05, 3.63) is 41.8 Å². The molecule has 0 radical (unpaired) electrons. The Morgan fingerprint density at radius 1 is 1.33 bits per heavy atom. The summed E-state index contributed by atoms with van der Waals surface area (Å²) in [6.07, 6.45) is 1.15. The standard InChI is InChI=1S/C19H24FN5O4S/c1-13-11-18(24(3)22-13)25-10-4-5-16(19(25)27)21-17(26)12-23(2)30(28,29)15-8-6-14(20)7-9-15/h6-9,11,16H,4-5,10,12H2,1-3H3,(H,21,26)/t16-/m1/s1. The molecule has 1 aromatic heterocycles. The van der Waals surface area contributed by atoms with Crippen LogP contribution < -0.4 is 10.2 Å². The molecular formula is C19H24FN5O4S. The molecular weight excluding hydrogens is 413 g/mol. The van der Waals surface area contributed by atoms with Gasteiger partial charge in [0.05, 0.1) is 17.1 Å². The van der Waals surface area contributed by atoms with Gasteiger partial charge in [0.2, 0.25) is 15.9 Å². The lowest BCUT2D eigenvalue weighted by molar-refractivity contribution is -0.128. The third-order valence-electron chi connectivity index (χ3n) is 4.92. The summed E-state index contributed by atoms with van der Waals surface area (Å²) in [4.78, 5) is 26.8. The van der Waals surface area contributed by atoms with Crippen molar-refractivity contribution in [3.63, 3.8) is 0 Å². The fraction of sp³-hybridized carbons (Fsp3) is 0.421. The van der Waals surface area contributed by atoms with Gasteiger partial charge >= 0.3 is 0 Å². The molecule has 0 unspecified atom stereocenters. The second kappa shape index (κ2) is 8.52. The van der Waals surface area contributed by atoms with Gasteiger partial charge in [-0.05, 0) is 44.0 Å². The first-order valence-electron chi connectivity index (χ1n) is 9.43. The lowest BCUT2D eigenvalue weighted by Gasteiger charge is -2.32. The summed E-state index contributed by atoms with van der Waals surface area (Å²) in [7, 11) is -0.964. The first-order chi connectivity index (χ1) is 14.1. The van der Waals surface area contributed by atoms with Crippen LogP contribution in [0.1, 0.15) is 18.5 Å². The number of nitrogens with one attached hydrogen (secondary N) is 1. The molecule has 162 valence electrons. The van der Waals surface area contributed by atoms with Gasteiger partial charge in [-0.2, -0.15) is 9.40 Å². The monoisotopic (exact) mass is 437 g/mol. The van der Waals surface area contributed by atoms with Gasteiger partial charge < -0.3 is 5.32 Å². The quantitative estimate of drug-likeness (QED) is 0.720. The maximum Gasteiger partial charge on any atom is 0.250 e. The number of rotatable bonds is 6. The molecule has 1 atom stereocenters. The van der Waals surface area contributed by atoms with Crippen LogP contribution in [0.4, 0.5) is 10.2 Å². The van der Waals surface area contributed by atoms with Crippen molar-refractivity contribution in [2.45, 2.75) is 30.7 Å². The van der Waals surface area contributed by atoms with Crippen LogP contribution in [0.15, 0.2) is 35.2 Å². The third kappa shape index (κ3) is 4.51. The highest BCUT2D eigenvalue weighted by Gasteiger charge is 2.33. The second-order valence-corrected chi connectivity index (χ2v) is 9.28. The average molecular weight is 437 g/mol. The van der Waals surface area contributed by atoms with E-state index in [1.54, 1.807) is 22.7 Å². The van der Waals surface area contributed by atoms with Crippen molar-refractivity contribution in [1.29, 1.82) is 0 Å². The normalized spacial score (nSPS) is 17.4. The number of benzene rings is 1. The number of amides is 2. The summed E-state index contributed by atoms with van der Waals surface area (Å²) in [6.45, 7) is 1.88. The lowest BCUT2D eigenvalue weighted by atomic mass is 10.0. The number of hydrogen-bond acceptors (Lipinski definition) is 5. The summed E-state index contributed by atoms with van der Waals surface area (Å²) < 4.78 is 40.6. The summed E-state index contributed by atoms with van der Waals surface area (Å²) in [5.74, 6) is -0.767. The van der Waals surface area contributed by atoms with Crippen molar-refractivity contribution in [2.75, 3.05) is 25.0 Å². The van der Waals surface area contributed by atoms with Gasteiger partial charge in [-0.15, -0.1) is 0 Å². The van der Waals surface area contributed by atoms with E-state index in [0.717, 1.165) is 34.3 Å². The molecule has 1 N–H and O–H groups in total. The topological polar surface area (TPSA) is 105 Å². The first-order valence-corrected chi connectivity index (χ1v) is 10.9. The second-order valence-electron chi connectivity index (χ2n) is 7.23. The number of aryl methyl sites for hydroxylation is 2. The molecule has 1 aromatic carbocycles. The summed E-state index contributed by atoms with van der Waals surface area (Å²) in [5, 5.41) is 6.88. The first kappa shape index (κ1) is 21.9. The average Bonchev–Trinajstić information content (AvgIpc) is 3.01. The smallest absolute Gasteiger partial charge is 0.250 e. The third-order valence-corrected chi connectivity index (χ3v) is 6.73. The molecule has 2 heterocycles. The number of halogens is 1. The van der Waals surface area contributed by atoms with Crippen LogP contribution in [0.5, 0.6) is 0 Å². The Balaban J connectivity index is 1.65. The number of anilines is 1. The summed E-state index contributed by atoms with van der Waals surface area (Å²) >= 11 is 0. The van der Waals surface area contributed by atoms with E-state index in [9.17, 15) is 22.4 Å². The Morgan fingerprint density at radius 3 is 2.60 bits per heavy atom. The molecule has 11 heteroatoms. The molecule has 30 heavy (non-hydrogen) atoms. The zero-order valence-corrected chi connectivity index (χ0v) is 17.8. The van der Waals surface area contributed by atoms with E-state index in [-0.39, 0.29) is 10.8 Å². The largest absolute Gasteiger partial charge is 0.343 e. The predicted molar refractivity (Wildman–Crippen MR) is 108 cm³/mol. The number of aromatic nitrogens is 2. The number of nitrogens with zero attached hydrogens (tertiary/aromatic N) is 4. The van der Waals surface area contributed by atoms with Crippen molar-refractivity contribution in [1.82, 2.24) is 19.4 Å². The van der Waals surface area contributed by atoms with E-state index in [2.05, 4.69) is 10.4 Å². The van der Waals surface area contributed by atoms with E-state index in [1.807, 2.05) is 6.92 Å². The Hall–Kier alpha value is -2.79. The number of sulfonamides is 1. The van der Waals surface area contributed by atoms with Crippen LogP contribution in [0.2, 0.25) is 0 Å². The predicted octanol–water partition coefficient (Wildman–Crippen LogP) is 0.800. The number of hydrogen-bond donors (Lipinski definition) is 1. The molecule has 0 saturated carbocycles. The van der Waals surface area contributed by atoms with E-state index in [4.69, 9.17) is 0 Å². The van der Waals surface area contributed by atoms with Crippen LogP contribution in [0, 0.1) is 12.7 Å². The number of carbonyl (C=O) groups is 2. The SMILES string of the molecule is Cc1cc(N2CCC[C@@H](NC(=O)CN(C)S(=O)(=O)c3ccc(F)cc3)C2=O)n(C)n1. The zero-order chi connectivity index (χ0) is 22.1. The Morgan fingerprint density at radius 2 is 2.00 bits per heavy atom. The number of likely N-dealkylation sites (N-methyl/N-ethyl adjacent to an activating group) is 1. The van der Waals surface area contributed by atoms with E-state index >= 15 is 0 Å². The van der Waals surface area contributed by atoms with Gasteiger partial charge in [-0.3, -0.25) is 19.2 Å². The maximum atomic E-state index is 13.0. The van der Waals surface area contributed by atoms with Crippen LogP contribution in [0.25, 0.3) is 0 Å². The van der Waals surface area contributed by atoms with Crippen LogP contribution in [-0.4, -0.2) is 60.5 Å². The number of carbonyl (C=O) groups excluding carboxylic acids is 2. The van der Waals surface area contributed by atoms with Gasteiger partial charge in [0, 0.05) is 26.7 Å². The molecule has 1 fully saturated rings. The van der Waals surface area contributed by atoms with E-state index in [0.29, 0.717) is 25.2 Å². The Kier molecular flexibility index (Phi) is 6.22. The van der Waals surface area contributed by atoms with Gasteiger partial charge in [0.1, 0.15) is 17.7 Å². The Bertz CT molecular complexity index is 1050. The van der Waals surface area contributed by atoms with Crippen LogP contribution in [-0.2, 0) is 26.7 Å². The minimum absolute atomic E-state index is 0.120. The molecule has 1 saturated heterocycles. The fourth-order valence-electron chi connectivity index (χ4n) is 3.40. The molecule has 3 rings (SSSR count). The van der Waals surface area contributed by atoms with E-state index < -0.39 is 34.3 Å². The van der Waals surface area contributed by atoms with Crippen molar-refractivity contribution >= 4 is 27.7 Å². The van der Waals surface area contributed by atoms with Gasteiger partial charge in [-0.1, -0.05) is 0 Å². The van der Waals surface area contributed by atoms with Gasteiger partial charge in [0.25, 0.3) is 5.91 Å². The van der Waals surface area contributed by atoms with Gasteiger partial charge in [0.15, 0.2) is 0 Å². The van der Waals surface area contributed by atoms with Crippen LogP contribution >= 0.6 is 0 Å². The molecule has 2 aromatic rings. The van der Waals surface area contributed by atoms with Crippen molar-refractivity contribution in [3.8, 4) is 0 Å². The molecule has 9 nitrogen and oxygen atoms in total. The molecule has 1 aliphatic rings. The molecule has 1 aliphatic heterocycles. The molecule has 0 spiro atoms.